The van der Waals surface area contributed by atoms with E-state index >= 15 is 0 Å². The molecule has 0 heterocycles. The molecule has 0 aliphatic carbocycles. The van der Waals surface area contributed by atoms with Crippen LogP contribution in [0.1, 0.15) is 0 Å². The predicted octanol–water partition coefficient (Wildman–Crippen LogP) is 2.12. The van der Waals surface area contributed by atoms with Gasteiger partial charge in [-0.3, -0.25) is 0 Å². The monoisotopic (exact) mass is 504 g/mol. The highest BCUT2D eigenvalue weighted by molar-refractivity contribution is 6.77. The van der Waals surface area contributed by atoms with Crippen LogP contribution in [0.5, 0.6) is 0 Å². The van der Waals surface area contributed by atoms with Gasteiger partial charge in [-0.2, -0.15) is 0 Å². The van der Waals surface area contributed by atoms with Crippen LogP contribution in [0, 0.1) is 0 Å². The van der Waals surface area contributed by atoms with Crippen LogP contribution >= 0.6 is 0 Å². The third-order valence-electron chi connectivity index (χ3n) is 2.80. The molecule has 0 rings (SSSR count). The van der Waals surface area contributed by atoms with Crippen LogP contribution in [-0.4, -0.2) is 81.4 Å². The van der Waals surface area contributed by atoms with Crippen molar-refractivity contribution in [3.63, 3.8) is 0 Å². The average Bonchev–Trinajstić information content (AvgIpc) is 2.48. The summed E-state index contributed by atoms with van der Waals surface area (Å²) in [6.07, 6.45) is 1.72. The zero-order valence-corrected chi connectivity index (χ0v) is 26.4. The van der Waals surface area contributed by atoms with Crippen LogP contribution in [0.4, 0.5) is 0 Å². The number of ether oxygens (including phenoxy) is 2. The zero-order valence-electron chi connectivity index (χ0n) is 19.7. The van der Waals surface area contributed by atoms with Gasteiger partial charge >= 0.3 is 0 Å². The van der Waals surface area contributed by atoms with Gasteiger partial charge < -0.3 is 30.0 Å². The normalized spacial score (nSPS) is 16.1. The van der Waals surface area contributed by atoms with Gasteiger partial charge in [0.15, 0.2) is 17.4 Å². The molecule has 170 valence electrons. The van der Waals surface area contributed by atoms with Crippen LogP contribution < -0.4 is 0 Å². The molecule has 13 heteroatoms. The Balaban J connectivity index is 0. The topological polar surface area (TPSA) is 64.6 Å². The number of rotatable bonds is 15. The molecule has 0 saturated carbocycles. The van der Waals surface area contributed by atoms with Gasteiger partial charge in [-0.25, -0.2) is 0 Å². The summed E-state index contributed by atoms with van der Waals surface area (Å²) in [5, 5.41) is 0. The van der Waals surface area contributed by atoms with Crippen molar-refractivity contribution in [2.75, 3.05) is 26.9 Å². The van der Waals surface area contributed by atoms with Crippen LogP contribution in [0.3, 0.4) is 0 Å². The standard InChI is InChI=1S/C9H32O5Si6.C6H12O2/c1-15(2)10-16(3)11-17(4)12-18(5)13-19(6)14-20(7,8)9;1-3-4-8-6-5-7-2/h15-19H,1-9H3;3H,1,4-6H2,2H3. The lowest BCUT2D eigenvalue weighted by molar-refractivity contribution is 0.0854. The molecule has 0 radical (unpaired) electrons. The minimum atomic E-state index is -1.63. The summed E-state index contributed by atoms with van der Waals surface area (Å²) >= 11 is 0. The molecule has 0 spiro atoms. The third-order valence-corrected chi connectivity index (χ3v) is 19.9. The molecule has 0 aliphatic rings. The van der Waals surface area contributed by atoms with Crippen molar-refractivity contribution in [3.8, 4) is 0 Å². The highest BCUT2D eigenvalue weighted by Crippen LogP contribution is 2.08. The Morgan fingerprint density at radius 3 is 1.61 bits per heavy atom. The van der Waals surface area contributed by atoms with E-state index in [4.69, 9.17) is 30.0 Å². The van der Waals surface area contributed by atoms with E-state index in [2.05, 4.69) is 65.5 Å². The van der Waals surface area contributed by atoms with Gasteiger partial charge in [0.25, 0.3) is 37.1 Å². The molecular weight excluding hydrogens is 461 g/mol. The van der Waals surface area contributed by atoms with Crippen molar-refractivity contribution in [2.45, 2.75) is 58.9 Å². The summed E-state index contributed by atoms with van der Waals surface area (Å²) in [7, 11) is -7.13. The van der Waals surface area contributed by atoms with E-state index in [1.54, 1.807) is 13.2 Å². The average molecular weight is 505 g/mol. The first-order chi connectivity index (χ1) is 12.9. The summed E-state index contributed by atoms with van der Waals surface area (Å²) in [4.78, 5) is 0. The highest BCUT2D eigenvalue weighted by Gasteiger charge is 2.24. The smallest absolute Gasteiger partial charge is 0.300 e. The molecule has 0 aliphatic heterocycles. The van der Waals surface area contributed by atoms with Crippen molar-refractivity contribution < 1.29 is 30.0 Å². The summed E-state index contributed by atoms with van der Waals surface area (Å²) in [6.45, 7) is 24.6. The molecule has 7 nitrogen and oxygen atoms in total. The summed E-state index contributed by atoms with van der Waals surface area (Å²) < 4.78 is 39.4. The molecule has 0 aromatic heterocycles. The van der Waals surface area contributed by atoms with Crippen molar-refractivity contribution in [1.82, 2.24) is 0 Å². The Hall–Kier alpha value is 0.761. The second-order valence-corrected chi connectivity index (χ2v) is 23.6. The molecule has 0 aromatic rings. The maximum atomic E-state index is 6.00. The molecular formula is C15H44O7Si6. The van der Waals surface area contributed by atoms with Crippen molar-refractivity contribution in [2.24, 2.45) is 0 Å². The van der Waals surface area contributed by atoms with E-state index in [0.29, 0.717) is 19.8 Å². The fourth-order valence-corrected chi connectivity index (χ4v) is 18.9. The zero-order chi connectivity index (χ0) is 22.2. The molecule has 0 bridgehead atoms. The fourth-order valence-electron chi connectivity index (χ4n) is 2.12. The SMILES string of the molecule is C=CCOCCOC.C[SiH](C)O[SiH](C)O[SiH](C)O[SiH](C)O[SiH](C)O[Si](C)(C)C. The lowest BCUT2D eigenvalue weighted by atomic mass is 10.7. The second kappa shape index (κ2) is 18.5. The lowest BCUT2D eigenvalue weighted by Gasteiger charge is -2.27. The minimum absolute atomic E-state index is 0.614. The van der Waals surface area contributed by atoms with Gasteiger partial charge in [0.1, 0.15) is 0 Å². The van der Waals surface area contributed by atoms with E-state index in [0.717, 1.165) is 0 Å². The second-order valence-electron chi connectivity index (χ2n) is 7.45. The van der Waals surface area contributed by atoms with E-state index in [9.17, 15) is 0 Å². The van der Waals surface area contributed by atoms with E-state index in [-0.39, 0.29) is 0 Å². The van der Waals surface area contributed by atoms with Gasteiger partial charge in [-0.1, -0.05) is 6.08 Å². The molecule has 28 heavy (non-hydrogen) atoms. The molecule has 0 N–H and O–H groups in total. The van der Waals surface area contributed by atoms with Gasteiger partial charge in [0.05, 0.1) is 19.8 Å². The van der Waals surface area contributed by atoms with Crippen LogP contribution in [0.25, 0.3) is 0 Å². The molecule has 0 aromatic carbocycles. The summed E-state index contributed by atoms with van der Waals surface area (Å²) in [6, 6.07) is 0. The van der Waals surface area contributed by atoms with Crippen LogP contribution in [-0.2, 0) is 30.0 Å². The van der Waals surface area contributed by atoms with Gasteiger partial charge in [-0.15, -0.1) is 6.58 Å². The number of methoxy groups -OCH3 is 1. The van der Waals surface area contributed by atoms with E-state index < -0.39 is 54.5 Å². The quantitative estimate of drug-likeness (QED) is 0.192. The van der Waals surface area contributed by atoms with E-state index in [1.807, 2.05) is 0 Å². The Kier molecular flexibility index (Phi) is 20.5. The van der Waals surface area contributed by atoms with Crippen LogP contribution in [0.2, 0.25) is 58.9 Å². The maximum absolute atomic E-state index is 6.00. The molecule has 0 fully saturated rings. The molecule has 0 saturated heterocycles. The van der Waals surface area contributed by atoms with Crippen LogP contribution in [0.15, 0.2) is 12.7 Å². The number of hydrogen-bond acceptors (Lipinski definition) is 7. The summed E-state index contributed by atoms with van der Waals surface area (Å²) in [5.74, 6) is 0. The third kappa shape index (κ3) is 24.8. The predicted molar refractivity (Wildman–Crippen MR) is 133 cm³/mol. The number of hydrogen-bond donors (Lipinski definition) is 0. The Morgan fingerprint density at radius 2 is 1.21 bits per heavy atom. The van der Waals surface area contributed by atoms with Gasteiger partial charge in [-0.05, 0) is 58.9 Å². The largest absolute Gasteiger partial charge is 0.442 e. The van der Waals surface area contributed by atoms with E-state index in [1.165, 1.54) is 0 Å². The lowest BCUT2D eigenvalue weighted by Crippen LogP contribution is -2.41. The maximum Gasteiger partial charge on any atom is 0.300 e. The van der Waals surface area contributed by atoms with Crippen molar-refractivity contribution >= 4 is 54.5 Å². The Bertz CT molecular complexity index is 373. The Morgan fingerprint density at radius 1 is 0.750 bits per heavy atom. The van der Waals surface area contributed by atoms with Crippen molar-refractivity contribution in [1.29, 1.82) is 0 Å². The first-order valence-electron chi connectivity index (χ1n) is 9.88. The van der Waals surface area contributed by atoms with Gasteiger partial charge in [0.2, 0.25) is 0 Å². The first kappa shape index (κ1) is 31.0. The summed E-state index contributed by atoms with van der Waals surface area (Å²) in [5.41, 5.74) is 0. The minimum Gasteiger partial charge on any atom is -0.442 e. The molecule has 0 amide bonds. The Labute approximate surface area is 182 Å². The van der Waals surface area contributed by atoms with Crippen molar-refractivity contribution in [3.05, 3.63) is 12.7 Å². The fraction of sp³-hybridized carbons (Fsp3) is 0.867. The van der Waals surface area contributed by atoms with Gasteiger partial charge in [0, 0.05) is 7.11 Å². The molecule has 4 atom stereocenters. The molecule has 4 unspecified atom stereocenters. The highest BCUT2D eigenvalue weighted by atomic mass is 28.5. The first-order valence-corrected chi connectivity index (χ1v) is 24.5.